The summed E-state index contributed by atoms with van der Waals surface area (Å²) >= 11 is 0. The predicted octanol–water partition coefficient (Wildman–Crippen LogP) is 4.52. The normalized spacial score (nSPS) is 10.6. The lowest BCUT2D eigenvalue weighted by molar-refractivity contribution is 0.0945. The number of aromatic nitrogens is 2. The molecular weight excluding hydrogens is 355 g/mol. The first-order valence-corrected chi connectivity index (χ1v) is 9.05. The van der Waals surface area contributed by atoms with Crippen LogP contribution in [0.3, 0.4) is 0 Å². The number of carbonyl (C=O) groups is 1. The Morgan fingerprint density at radius 1 is 1.00 bits per heavy atom. The van der Waals surface area contributed by atoms with Crippen LogP contribution < -0.4 is 10.6 Å². The molecule has 2 N–H and O–H groups in total. The second-order valence-corrected chi connectivity index (χ2v) is 6.86. The molecule has 0 aliphatic heterocycles. The van der Waals surface area contributed by atoms with E-state index in [-0.39, 0.29) is 24.0 Å². The Labute approximate surface area is 164 Å². The van der Waals surface area contributed by atoms with Crippen LogP contribution in [0.15, 0.2) is 42.5 Å². The largest absolute Gasteiger partial charge is 0.347 e. The summed E-state index contributed by atoms with van der Waals surface area (Å²) in [5.74, 6) is 0.283. The van der Waals surface area contributed by atoms with Gasteiger partial charge in [-0.05, 0) is 44.9 Å². The maximum absolute atomic E-state index is 13.7. The molecule has 0 unspecified atom stereocenters. The first-order valence-electron chi connectivity index (χ1n) is 9.05. The highest BCUT2D eigenvalue weighted by molar-refractivity contribution is 5.93. The molecule has 5 nitrogen and oxygen atoms in total. The molecule has 0 fully saturated rings. The molecule has 0 bridgehead atoms. The van der Waals surface area contributed by atoms with Crippen LogP contribution in [0.25, 0.3) is 0 Å². The monoisotopic (exact) mass is 378 g/mol. The molecule has 1 amide bonds. The Morgan fingerprint density at radius 3 is 2.36 bits per heavy atom. The summed E-state index contributed by atoms with van der Waals surface area (Å²) in [4.78, 5) is 21.1. The molecule has 144 valence electrons. The average molecular weight is 378 g/mol. The van der Waals surface area contributed by atoms with Crippen molar-refractivity contribution in [3.05, 3.63) is 82.1 Å². The van der Waals surface area contributed by atoms with Crippen LogP contribution in [0.4, 0.5) is 15.9 Å². The Morgan fingerprint density at radius 2 is 1.68 bits per heavy atom. The third-order valence-corrected chi connectivity index (χ3v) is 4.40. The number of anilines is 2. The molecule has 0 spiro atoms. The minimum atomic E-state index is -0.380. The van der Waals surface area contributed by atoms with Crippen LogP contribution in [-0.4, -0.2) is 15.9 Å². The summed E-state index contributed by atoms with van der Waals surface area (Å²) in [6.45, 7) is 7.93. The number of benzene rings is 2. The van der Waals surface area contributed by atoms with E-state index in [0.717, 1.165) is 16.8 Å². The summed E-state index contributed by atoms with van der Waals surface area (Å²) in [5, 5.41) is 6.00. The second-order valence-electron chi connectivity index (χ2n) is 6.86. The lowest BCUT2D eigenvalue weighted by Gasteiger charge is -2.14. The zero-order valence-corrected chi connectivity index (χ0v) is 16.4. The molecular formula is C22H23FN4O. The highest BCUT2D eigenvalue weighted by Gasteiger charge is 2.13. The second kappa shape index (κ2) is 8.17. The highest BCUT2D eigenvalue weighted by Crippen LogP contribution is 2.25. The van der Waals surface area contributed by atoms with Gasteiger partial charge in [-0.2, -0.15) is 0 Å². The fraction of sp³-hybridized carbons (Fsp3) is 0.227. The number of halogens is 1. The van der Waals surface area contributed by atoms with Gasteiger partial charge in [0.25, 0.3) is 5.91 Å². The summed E-state index contributed by atoms with van der Waals surface area (Å²) < 4.78 is 13.7. The van der Waals surface area contributed by atoms with E-state index < -0.39 is 0 Å². The van der Waals surface area contributed by atoms with Crippen LogP contribution in [-0.2, 0) is 6.54 Å². The molecule has 0 saturated carbocycles. The van der Waals surface area contributed by atoms with Gasteiger partial charge in [0.05, 0.1) is 0 Å². The molecule has 3 aromatic rings. The molecule has 2 aromatic carbocycles. The topological polar surface area (TPSA) is 66.9 Å². The van der Waals surface area contributed by atoms with Crippen molar-refractivity contribution in [3.63, 3.8) is 0 Å². The Balaban J connectivity index is 1.80. The molecule has 0 aliphatic carbocycles. The molecule has 0 atom stereocenters. The molecule has 1 aromatic heterocycles. The lowest BCUT2D eigenvalue weighted by atomic mass is 10.1. The van der Waals surface area contributed by atoms with Crippen LogP contribution in [0.5, 0.6) is 0 Å². The Kier molecular flexibility index (Phi) is 5.68. The summed E-state index contributed by atoms with van der Waals surface area (Å²) in [5.41, 5.74) is 4.99. The maximum atomic E-state index is 13.7. The molecule has 3 rings (SSSR count). The van der Waals surface area contributed by atoms with Crippen LogP contribution in [0.1, 0.15) is 38.6 Å². The van der Waals surface area contributed by atoms with Crippen LogP contribution in [0, 0.1) is 33.5 Å². The minimum Gasteiger partial charge on any atom is -0.347 e. The predicted molar refractivity (Wildman–Crippen MR) is 108 cm³/mol. The summed E-state index contributed by atoms with van der Waals surface area (Å²) in [6, 6.07) is 12.1. The SMILES string of the molecule is Cc1cc(C)c(Nc2cc(C(=O)NCc3ccccc3F)nc(C)n2)c(C)c1. The van der Waals surface area contributed by atoms with Crippen molar-refractivity contribution in [2.24, 2.45) is 0 Å². The molecule has 0 saturated heterocycles. The van der Waals surface area contributed by atoms with Gasteiger partial charge in [-0.25, -0.2) is 14.4 Å². The van der Waals surface area contributed by atoms with E-state index in [4.69, 9.17) is 0 Å². The third-order valence-electron chi connectivity index (χ3n) is 4.40. The zero-order chi connectivity index (χ0) is 20.3. The van der Waals surface area contributed by atoms with E-state index in [2.05, 4.69) is 39.7 Å². The van der Waals surface area contributed by atoms with Crippen molar-refractivity contribution in [1.82, 2.24) is 15.3 Å². The number of hydrogen-bond donors (Lipinski definition) is 2. The number of aryl methyl sites for hydroxylation is 4. The van der Waals surface area contributed by atoms with Crippen molar-refractivity contribution in [2.45, 2.75) is 34.2 Å². The number of hydrogen-bond acceptors (Lipinski definition) is 4. The van der Waals surface area contributed by atoms with E-state index in [1.165, 1.54) is 11.6 Å². The standard InChI is InChI=1S/C22H23FN4O/c1-13-9-14(2)21(15(3)10-13)27-20-11-19(25-16(4)26-20)22(28)24-12-17-7-5-6-8-18(17)23/h5-11H,12H2,1-4H3,(H,24,28)(H,25,26,27). The minimum absolute atomic E-state index is 0.0908. The maximum Gasteiger partial charge on any atom is 0.270 e. The van der Waals surface area contributed by atoms with E-state index in [0.29, 0.717) is 17.2 Å². The molecule has 0 aliphatic rings. The number of nitrogens with one attached hydrogen (secondary N) is 2. The fourth-order valence-electron chi connectivity index (χ4n) is 3.16. The van der Waals surface area contributed by atoms with E-state index >= 15 is 0 Å². The van der Waals surface area contributed by atoms with Gasteiger partial charge < -0.3 is 10.6 Å². The number of nitrogens with zero attached hydrogens (tertiary/aromatic N) is 2. The Bertz CT molecular complexity index is 1010. The van der Waals surface area contributed by atoms with Gasteiger partial charge in [-0.1, -0.05) is 35.9 Å². The van der Waals surface area contributed by atoms with Crippen molar-refractivity contribution in [2.75, 3.05) is 5.32 Å². The van der Waals surface area contributed by atoms with Crippen molar-refractivity contribution in [3.8, 4) is 0 Å². The fourth-order valence-corrected chi connectivity index (χ4v) is 3.16. The zero-order valence-electron chi connectivity index (χ0n) is 16.4. The van der Waals surface area contributed by atoms with Gasteiger partial charge in [0, 0.05) is 23.9 Å². The molecule has 1 heterocycles. The van der Waals surface area contributed by atoms with Gasteiger partial charge in [-0.15, -0.1) is 0 Å². The number of amides is 1. The van der Waals surface area contributed by atoms with Gasteiger partial charge >= 0.3 is 0 Å². The molecule has 6 heteroatoms. The quantitative estimate of drug-likeness (QED) is 0.685. The van der Waals surface area contributed by atoms with E-state index in [1.54, 1.807) is 31.2 Å². The van der Waals surface area contributed by atoms with Crippen LogP contribution >= 0.6 is 0 Å². The van der Waals surface area contributed by atoms with Gasteiger partial charge in [0.2, 0.25) is 0 Å². The average Bonchev–Trinajstić information content (AvgIpc) is 2.63. The third kappa shape index (κ3) is 4.52. The van der Waals surface area contributed by atoms with Crippen molar-refractivity contribution < 1.29 is 9.18 Å². The smallest absolute Gasteiger partial charge is 0.270 e. The van der Waals surface area contributed by atoms with Crippen molar-refractivity contribution in [1.29, 1.82) is 0 Å². The lowest BCUT2D eigenvalue weighted by Crippen LogP contribution is -2.25. The van der Waals surface area contributed by atoms with Crippen LogP contribution in [0.2, 0.25) is 0 Å². The van der Waals surface area contributed by atoms with Crippen molar-refractivity contribution >= 4 is 17.4 Å². The summed E-state index contributed by atoms with van der Waals surface area (Å²) in [7, 11) is 0. The van der Waals surface area contributed by atoms with E-state index in [1.807, 2.05) is 13.8 Å². The number of rotatable bonds is 5. The first kappa shape index (κ1) is 19.5. The van der Waals surface area contributed by atoms with Gasteiger partial charge in [-0.3, -0.25) is 4.79 Å². The summed E-state index contributed by atoms with van der Waals surface area (Å²) in [6.07, 6.45) is 0. The Hall–Kier alpha value is -3.28. The highest BCUT2D eigenvalue weighted by atomic mass is 19.1. The number of carbonyl (C=O) groups excluding carboxylic acids is 1. The van der Waals surface area contributed by atoms with E-state index in [9.17, 15) is 9.18 Å². The first-order chi connectivity index (χ1) is 13.3. The van der Waals surface area contributed by atoms with Gasteiger partial charge in [0.15, 0.2) is 0 Å². The molecule has 0 radical (unpaired) electrons. The molecule has 28 heavy (non-hydrogen) atoms. The van der Waals surface area contributed by atoms with Gasteiger partial charge in [0.1, 0.15) is 23.2 Å².